The van der Waals surface area contributed by atoms with E-state index in [1.165, 1.54) is 19.2 Å². The Kier molecular flexibility index (Phi) is 4.98. The fourth-order valence-electron chi connectivity index (χ4n) is 2.08. The summed E-state index contributed by atoms with van der Waals surface area (Å²) in [5.74, 6) is -13.6. The zero-order chi connectivity index (χ0) is 20.6. The Balaban J connectivity index is 1.96. The second-order valence-electron chi connectivity index (χ2n) is 5.20. The summed E-state index contributed by atoms with van der Waals surface area (Å²) in [6.45, 7) is 0. The maximum atomic E-state index is 13.6. The van der Waals surface area contributed by atoms with Crippen molar-refractivity contribution in [2.45, 2.75) is 5.09 Å². The molecular weight excluding hydrogens is 413 g/mol. The van der Waals surface area contributed by atoms with Gasteiger partial charge in [0, 0.05) is 11.6 Å². The lowest BCUT2D eigenvalue weighted by Crippen LogP contribution is -2.14. The van der Waals surface area contributed by atoms with Crippen LogP contribution in [0.4, 0.5) is 22.0 Å². The number of methoxy groups -OCH3 is 1. The quantitative estimate of drug-likeness (QED) is 0.270. The molecule has 0 aliphatic heterocycles. The van der Waals surface area contributed by atoms with Gasteiger partial charge in [-0.25, -0.2) is 13.2 Å². The van der Waals surface area contributed by atoms with Crippen molar-refractivity contribution in [3.63, 3.8) is 0 Å². The molecule has 0 spiro atoms. The van der Waals surface area contributed by atoms with E-state index in [1.54, 1.807) is 12.1 Å². The third-order valence-corrected chi connectivity index (χ3v) is 4.55. The van der Waals surface area contributed by atoms with Crippen molar-refractivity contribution in [1.29, 1.82) is 0 Å². The number of hydrogen-bond donors (Lipinski definition) is 0. The number of aromatic nitrogens is 1. The van der Waals surface area contributed by atoms with Crippen molar-refractivity contribution in [3.8, 4) is 22.8 Å². The maximum absolute atomic E-state index is 13.6. The summed E-state index contributed by atoms with van der Waals surface area (Å²) in [5, 5.41) is 2.46. The summed E-state index contributed by atoms with van der Waals surface area (Å²) in [7, 11) is -3.66. The molecule has 0 atom stereocenters. The predicted molar refractivity (Wildman–Crippen MR) is 82.5 cm³/mol. The lowest BCUT2D eigenvalue weighted by atomic mass is 10.1. The minimum atomic E-state index is -5.09. The van der Waals surface area contributed by atoms with E-state index in [2.05, 4.69) is 13.9 Å². The molecule has 0 radical (unpaired) electrons. The molecule has 6 nitrogen and oxygen atoms in total. The molecule has 3 aromatic rings. The van der Waals surface area contributed by atoms with Crippen LogP contribution in [0.15, 0.2) is 39.9 Å². The molecule has 0 fully saturated rings. The van der Waals surface area contributed by atoms with Crippen LogP contribution in [0.25, 0.3) is 11.3 Å². The summed E-state index contributed by atoms with van der Waals surface area (Å²) in [6.07, 6.45) is 0. The second-order valence-corrected chi connectivity index (χ2v) is 6.67. The van der Waals surface area contributed by atoms with Gasteiger partial charge in [-0.2, -0.15) is 17.2 Å². The van der Waals surface area contributed by atoms with Gasteiger partial charge in [-0.05, 0) is 24.3 Å². The number of halogens is 5. The van der Waals surface area contributed by atoms with Crippen LogP contribution < -0.4 is 8.92 Å². The highest BCUT2D eigenvalue weighted by molar-refractivity contribution is 7.87. The lowest BCUT2D eigenvalue weighted by molar-refractivity contribution is 0.315. The first kappa shape index (κ1) is 19.6. The van der Waals surface area contributed by atoms with E-state index in [4.69, 9.17) is 4.74 Å². The van der Waals surface area contributed by atoms with Gasteiger partial charge in [0.2, 0.25) is 34.8 Å². The number of nitrogens with zero attached hydrogens (tertiary/aromatic N) is 1. The number of rotatable bonds is 5. The first-order chi connectivity index (χ1) is 13.2. The molecule has 28 heavy (non-hydrogen) atoms. The van der Waals surface area contributed by atoms with Crippen molar-refractivity contribution in [1.82, 2.24) is 5.16 Å². The molecule has 1 heterocycles. The first-order valence-corrected chi connectivity index (χ1v) is 8.63. The number of benzene rings is 2. The van der Waals surface area contributed by atoms with E-state index in [0.29, 0.717) is 11.3 Å². The van der Waals surface area contributed by atoms with Crippen LogP contribution in [0.3, 0.4) is 0 Å². The Morgan fingerprint density at radius 1 is 0.893 bits per heavy atom. The zero-order valence-electron chi connectivity index (χ0n) is 13.7. The molecule has 0 amide bonds. The Bertz CT molecular complexity index is 1120. The molecule has 1 aromatic heterocycles. The first-order valence-electron chi connectivity index (χ1n) is 7.22. The Labute approximate surface area is 154 Å². The third kappa shape index (κ3) is 3.38. The van der Waals surface area contributed by atoms with Crippen molar-refractivity contribution in [3.05, 3.63) is 59.4 Å². The van der Waals surface area contributed by atoms with E-state index in [1.807, 2.05) is 0 Å². The molecule has 148 valence electrons. The summed E-state index contributed by atoms with van der Waals surface area (Å²) in [6, 6.07) is 6.96. The summed E-state index contributed by atoms with van der Waals surface area (Å²) < 4.78 is 104. The van der Waals surface area contributed by atoms with Crippen LogP contribution in [0.1, 0.15) is 0 Å². The van der Waals surface area contributed by atoms with Gasteiger partial charge < -0.3 is 13.4 Å². The molecule has 0 aliphatic rings. The van der Waals surface area contributed by atoms with E-state index in [0.717, 1.165) is 6.07 Å². The highest BCUT2D eigenvalue weighted by Gasteiger charge is 2.32. The lowest BCUT2D eigenvalue weighted by Gasteiger charge is -2.08. The van der Waals surface area contributed by atoms with Crippen molar-refractivity contribution < 1.29 is 43.8 Å². The molecule has 3 rings (SSSR count). The smallest absolute Gasteiger partial charge is 0.376 e. The number of hydrogen-bond acceptors (Lipinski definition) is 6. The SMILES string of the molecule is COc1ccc(-c2cc(S(=O)(=O)Oc3c(F)c(F)c(F)c(F)c3F)on2)cc1. The third-order valence-electron chi connectivity index (χ3n) is 3.48. The molecule has 0 N–H and O–H groups in total. The van der Waals surface area contributed by atoms with Gasteiger partial charge in [0.25, 0.3) is 5.09 Å². The monoisotopic (exact) mass is 421 g/mol. The fourth-order valence-corrected chi connectivity index (χ4v) is 2.92. The van der Waals surface area contributed by atoms with Crippen LogP contribution in [-0.2, 0) is 10.1 Å². The minimum Gasteiger partial charge on any atom is -0.497 e. The summed E-state index contributed by atoms with van der Waals surface area (Å²) >= 11 is 0. The van der Waals surface area contributed by atoms with Gasteiger partial charge in [-0.1, -0.05) is 5.16 Å². The summed E-state index contributed by atoms with van der Waals surface area (Å²) in [5.41, 5.74) is 0.393. The van der Waals surface area contributed by atoms with Gasteiger partial charge in [0.1, 0.15) is 11.4 Å². The predicted octanol–water partition coefficient (Wildman–Crippen LogP) is 3.81. The van der Waals surface area contributed by atoms with Gasteiger partial charge in [0.05, 0.1) is 7.11 Å². The molecular formula is C16H8F5NO5S. The van der Waals surface area contributed by atoms with E-state index in [9.17, 15) is 30.4 Å². The molecule has 0 aliphatic carbocycles. The molecule has 2 aromatic carbocycles. The average Bonchev–Trinajstić information content (AvgIpc) is 3.19. The molecule has 0 saturated carbocycles. The Morgan fingerprint density at radius 3 is 1.96 bits per heavy atom. The highest BCUT2D eigenvalue weighted by atomic mass is 32.2. The van der Waals surface area contributed by atoms with Gasteiger partial charge in [0.15, 0.2) is 0 Å². The number of ether oxygens (including phenoxy) is 1. The molecule has 0 saturated heterocycles. The molecule has 0 unspecified atom stereocenters. The topological polar surface area (TPSA) is 78.6 Å². The second kappa shape index (κ2) is 7.11. The van der Waals surface area contributed by atoms with Gasteiger partial charge in [-0.15, -0.1) is 0 Å². The van der Waals surface area contributed by atoms with Gasteiger partial charge in [-0.3, -0.25) is 0 Å². The molecule has 0 bridgehead atoms. The van der Waals surface area contributed by atoms with Gasteiger partial charge >= 0.3 is 10.1 Å². The standard InChI is InChI=1S/C16H8F5NO5S/c1-25-8-4-2-7(3-5-8)9-6-10(26-22-9)28(23,24)27-16-14(20)12(18)11(17)13(19)15(16)21/h2-6H,1H3. The molecule has 12 heteroatoms. The normalized spacial score (nSPS) is 11.5. The van der Waals surface area contributed by atoms with Crippen molar-refractivity contribution >= 4 is 10.1 Å². The van der Waals surface area contributed by atoms with E-state index in [-0.39, 0.29) is 5.69 Å². The van der Waals surface area contributed by atoms with Crippen LogP contribution in [0.2, 0.25) is 0 Å². The maximum Gasteiger partial charge on any atom is 0.376 e. The minimum absolute atomic E-state index is 0.00207. The van der Waals surface area contributed by atoms with Crippen molar-refractivity contribution in [2.75, 3.05) is 7.11 Å². The van der Waals surface area contributed by atoms with Crippen LogP contribution in [-0.4, -0.2) is 20.7 Å². The Hall–Kier alpha value is -3.15. The largest absolute Gasteiger partial charge is 0.497 e. The zero-order valence-corrected chi connectivity index (χ0v) is 14.5. The van der Waals surface area contributed by atoms with E-state index < -0.39 is 50.0 Å². The summed E-state index contributed by atoms with van der Waals surface area (Å²) in [4.78, 5) is 0. The van der Waals surface area contributed by atoms with Crippen LogP contribution >= 0.6 is 0 Å². The van der Waals surface area contributed by atoms with Crippen LogP contribution in [0, 0.1) is 29.1 Å². The fraction of sp³-hybridized carbons (Fsp3) is 0.0625. The highest BCUT2D eigenvalue weighted by Crippen LogP contribution is 2.32. The van der Waals surface area contributed by atoms with Crippen LogP contribution in [0.5, 0.6) is 11.5 Å². The Morgan fingerprint density at radius 2 is 1.43 bits per heavy atom. The van der Waals surface area contributed by atoms with E-state index >= 15 is 0 Å². The van der Waals surface area contributed by atoms with Crippen molar-refractivity contribution in [2.24, 2.45) is 0 Å². The average molecular weight is 421 g/mol.